The van der Waals surface area contributed by atoms with Crippen LogP contribution in [-0.2, 0) is 9.53 Å². The number of likely N-dealkylation sites (tertiary alicyclic amines) is 1. The molecule has 0 aliphatic carbocycles. The first-order valence-corrected chi connectivity index (χ1v) is 6.89. The third-order valence-electron chi connectivity index (χ3n) is 3.71. The highest BCUT2D eigenvalue weighted by Gasteiger charge is 2.41. The zero-order chi connectivity index (χ0) is 17.9. The minimum absolute atomic E-state index is 0.0580. The molecule has 1 heterocycles. The summed E-state index contributed by atoms with van der Waals surface area (Å²) < 4.78 is 37.0. The molecule has 1 saturated heterocycles. The van der Waals surface area contributed by atoms with Crippen LogP contribution in [0.2, 0.25) is 0 Å². The molecule has 8 nitrogen and oxygen atoms in total. The summed E-state index contributed by atoms with van der Waals surface area (Å²) in [7, 11) is 2.22. The molecule has 128 valence electrons. The molecule has 1 aromatic rings. The Bertz CT molecular complexity index is 721. The average molecular weight is 340 g/mol. The fraction of sp³-hybridized carbons (Fsp3) is 0.429. The molecular formula is C14H14F2N4O4. The second kappa shape index (κ2) is 7.14. The van der Waals surface area contributed by atoms with Gasteiger partial charge in [-0.25, -0.2) is 13.6 Å². The van der Waals surface area contributed by atoms with Gasteiger partial charge in [-0.3, -0.25) is 4.79 Å². The van der Waals surface area contributed by atoms with E-state index in [1.165, 1.54) is 0 Å². The van der Waals surface area contributed by atoms with Gasteiger partial charge in [-0.05, 0) is 24.1 Å². The number of amides is 1. The summed E-state index contributed by atoms with van der Waals surface area (Å²) in [5, 5.41) is 3.49. The Hall–Kier alpha value is -2.87. The lowest BCUT2D eigenvalue weighted by Gasteiger charge is -2.23. The van der Waals surface area contributed by atoms with Crippen molar-refractivity contribution in [3.05, 3.63) is 39.8 Å². The van der Waals surface area contributed by atoms with Gasteiger partial charge in [0, 0.05) is 11.5 Å². The number of hydrogen-bond acceptors (Lipinski definition) is 5. The largest absolute Gasteiger partial charge is 0.491 e. The van der Waals surface area contributed by atoms with E-state index in [1.807, 2.05) is 0 Å². The molecule has 1 aromatic carbocycles. The quantitative estimate of drug-likeness (QED) is 0.362. The van der Waals surface area contributed by atoms with Crippen LogP contribution in [0, 0.1) is 11.6 Å². The van der Waals surface area contributed by atoms with E-state index >= 15 is 0 Å². The summed E-state index contributed by atoms with van der Waals surface area (Å²) in [6.07, 6.45) is 0.0580. The third-order valence-corrected chi connectivity index (χ3v) is 3.71. The van der Waals surface area contributed by atoms with Crippen molar-refractivity contribution in [3.63, 3.8) is 0 Å². The van der Waals surface area contributed by atoms with Crippen molar-refractivity contribution in [3.8, 4) is 5.75 Å². The number of methoxy groups -OCH3 is 2. The van der Waals surface area contributed by atoms with Crippen LogP contribution in [0.5, 0.6) is 5.75 Å². The summed E-state index contributed by atoms with van der Waals surface area (Å²) in [4.78, 5) is 28.1. The fourth-order valence-electron chi connectivity index (χ4n) is 2.59. The fourth-order valence-corrected chi connectivity index (χ4v) is 2.59. The number of halogens is 2. The van der Waals surface area contributed by atoms with Crippen LogP contribution in [0.4, 0.5) is 8.78 Å². The van der Waals surface area contributed by atoms with Crippen LogP contribution in [0.3, 0.4) is 0 Å². The van der Waals surface area contributed by atoms with Gasteiger partial charge in [0.1, 0.15) is 6.04 Å². The molecule has 2 rings (SSSR count). The lowest BCUT2D eigenvalue weighted by molar-refractivity contribution is -0.145. The molecule has 0 aromatic heterocycles. The molecule has 1 fully saturated rings. The van der Waals surface area contributed by atoms with Gasteiger partial charge in [-0.1, -0.05) is 5.11 Å². The van der Waals surface area contributed by atoms with E-state index in [4.69, 9.17) is 5.53 Å². The normalized spacial score (nSPS) is 19.6. The maximum Gasteiger partial charge on any atom is 0.328 e. The van der Waals surface area contributed by atoms with E-state index in [0.717, 1.165) is 31.3 Å². The predicted octanol–water partition coefficient (Wildman–Crippen LogP) is 2.04. The molecule has 1 aliphatic rings. The number of hydrogen-bond donors (Lipinski definition) is 0. The number of benzene rings is 1. The molecule has 1 amide bonds. The number of carbonyl (C=O) groups excluding carboxylic acids is 2. The summed E-state index contributed by atoms with van der Waals surface area (Å²) in [6, 6.07) is 0.190. The van der Waals surface area contributed by atoms with Crippen molar-refractivity contribution in [1.82, 2.24) is 4.90 Å². The van der Waals surface area contributed by atoms with Gasteiger partial charge in [0.2, 0.25) is 0 Å². The van der Waals surface area contributed by atoms with E-state index < -0.39 is 46.9 Å². The lowest BCUT2D eigenvalue weighted by Crippen LogP contribution is -2.41. The smallest absolute Gasteiger partial charge is 0.328 e. The monoisotopic (exact) mass is 340 g/mol. The SMILES string of the molecule is COC(=O)[C@@H]1C[C@H](N=[N+]=[N-])CN1C(=O)c1ccc(F)c(OC)c1F. The second-order valence-electron chi connectivity index (χ2n) is 5.03. The zero-order valence-corrected chi connectivity index (χ0v) is 12.9. The molecule has 1 aliphatic heterocycles. The minimum Gasteiger partial charge on any atom is -0.491 e. The maximum absolute atomic E-state index is 14.3. The Morgan fingerprint density at radius 3 is 2.67 bits per heavy atom. The van der Waals surface area contributed by atoms with Crippen LogP contribution in [0.25, 0.3) is 10.4 Å². The van der Waals surface area contributed by atoms with Crippen molar-refractivity contribution >= 4 is 11.9 Å². The van der Waals surface area contributed by atoms with Crippen LogP contribution in [-0.4, -0.2) is 49.6 Å². The highest BCUT2D eigenvalue weighted by molar-refractivity contribution is 5.98. The number of rotatable bonds is 4. The van der Waals surface area contributed by atoms with Gasteiger partial charge in [-0.2, -0.15) is 0 Å². The van der Waals surface area contributed by atoms with Crippen molar-refractivity contribution in [2.75, 3.05) is 20.8 Å². The Morgan fingerprint density at radius 1 is 1.38 bits per heavy atom. The van der Waals surface area contributed by atoms with E-state index in [0.29, 0.717) is 0 Å². The summed E-state index contributed by atoms with van der Waals surface area (Å²) in [5.74, 6) is -4.38. The second-order valence-corrected chi connectivity index (χ2v) is 5.03. The van der Waals surface area contributed by atoms with Gasteiger partial charge in [-0.15, -0.1) is 0 Å². The van der Waals surface area contributed by atoms with E-state index in [-0.39, 0.29) is 13.0 Å². The number of azide groups is 1. The molecule has 0 bridgehead atoms. The molecule has 0 saturated carbocycles. The molecule has 10 heteroatoms. The van der Waals surface area contributed by atoms with Gasteiger partial charge in [0.15, 0.2) is 17.4 Å². The van der Waals surface area contributed by atoms with Crippen LogP contribution >= 0.6 is 0 Å². The van der Waals surface area contributed by atoms with Crippen molar-refractivity contribution in [1.29, 1.82) is 0 Å². The first kappa shape index (κ1) is 17.5. The van der Waals surface area contributed by atoms with Crippen LogP contribution in [0.1, 0.15) is 16.8 Å². The molecule has 24 heavy (non-hydrogen) atoms. The van der Waals surface area contributed by atoms with Gasteiger partial charge in [0.05, 0.1) is 25.8 Å². The van der Waals surface area contributed by atoms with Crippen molar-refractivity contribution in [2.45, 2.75) is 18.5 Å². The molecule has 0 unspecified atom stereocenters. The zero-order valence-electron chi connectivity index (χ0n) is 12.9. The topological polar surface area (TPSA) is 105 Å². The molecule has 0 N–H and O–H groups in total. The van der Waals surface area contributed by atoms with Crippen LogP contribution < -0.4 is 4.74 Å². The maximum atomic E-state index is 14.3. The van der Waals surface area contributed by atoms with E-state index in [1.54, 1.807) is 0 Å². The molecule has 0 spiro atoms. The summed E-state index contributed by atoms with van der Waals surface area (Å²) in [6.45, 7) is -0.0816. The number of esters is 1. The van der Waals surface area contributed by atoms with E-state index in [9.17, 15) is 18.4 Å². The highest BCUT2D eigenvalue weighted by Crippen LogP contribution is 2.29. The van der Waals surface area contributed by atoms with Gasteiger partial charge < -0.3 is 14.4 Å². The lowest BCUT2D eigenvalue weighted by atomic mass is 10.1. The molecule has 2 atom stereocenters. The Balaban J connectivity index is 2.39. The number of ether oxygens (including phenoxy) is 2. The van der Waals surface area contributed by atoms with Crippen molar-refractivity contribution < 1.29 is 27.8 Å². The predicted molar refractivity (Wildman–Crippen MR) is 77.3 cm³/mol. The number of nitrogens with zero attached hydrogens (tertiary/aromatic N) is 4. The van der Waals surface area contributed by atoms with Gasteiger partial charge in [0.25, 0.3) is 5.91 Å². The van der Waals surface area contributed by atoms with E-state index in [2.05, 4.69) is 19.5 Å². The Kier molecular flexibility index (Phi) is 5.20. The average Bonchev–Trinajstić information content (AvgIpc) is 2.98. The molecule has 0 radical (unpaired) electrons. The van der Waals surface area contributed by atoms with Crippen molar-refractivity contribution in [2.24, 2.45) is 5.11 Å². The number of carbonyl (C=O) groups is 2. The highest BCUT2D eigenvalue weighted by atomic mass is 19.1. The Labute approximate surface area is 135 Å². The first-order chi connectivity index (χ1) is 11.4. The first-order valence-electron chi connectivity index (χ1n) is 6.89. The van der Waals surface area contributed by atoms with Gasteiger partial charge >= 0.3 is 5.97 Å². The third kappa shape index (κ3) is 3.09. The molecular weight excluding hydrogens is 326 g/mol. The summed E-state index contributed by atoms with van der Waals surface area (Å²) in [5.41, 5.74) is 8.06. The minimum atomic E-state index is -1.17. The standard InChI is InChI=1S/C14H14F2N4O4/c1-23-12-9(15)4-3-8(11(12)16)13(21)20-6-7(18-19-17)5-10(20)14(22)24-2/h3-4,7,10H,5-6H2,1-2H3/t7-,10-/m0/s1. The van der Waals surface area contributed by atoms with Crippen LogP contribution in [0.15, 0.2) is 17.2 Å². The summed E-state index contributed by atoms with van der Waals surface area (Å²) >= 11 is 0. The Morgan fingerprint density at radius 2 is 2.08 bits per heavy atom.